The molecule has 4 amide bonds. The fraction of sp³-hybridized carbons (Fsp3) is 0.0417. The monoisotopic (exact) mass is 461 g/mol. The molecule has 4 rings (SSSR count). The van der Waals surface area contributed by atoms with Crippen molar-refractivity contribution in [3.63, 3.8) is 0 Å². The maximum Gasteiger partial charge on any atom is 0.335 e. The number of hydrogen-bond donors (Lipinski definition) is 1. The highest BCUT2D eigenvalue weighted by Gasteiger charge is 2.37. The van der Waals surface area contributed by atoms with Crippen LogP contribution in [0, 0.1) is 15.9 Å². The average Bonchev–Trinajstić information content (AvgIpc) is 2.81. The summed E-state index contributed by atoms with van der Waals surface area (Å²) < 4.78 is 19.2. The van der Waals surface area contributed by atoms with Gasteiger partial charge in [0.15, 0.2) is 0 Å². The number of nitrogens with zero attached hydrogens (tertiary/aromatic N) is 2. The van der Waals surface area contributed by atoms with Crippen LogP contribution in [-0.4, -0.2) is 22.8 Å². The Hall–Kier alpha value is -4.86. The summed E-state index contributed by atoms with van der Waals surface area (Å²) in [5.41, 5.74) is 0.478. The van der Waals surface area contributed by atoms with E-state index in [9.17, 15) is 28.9 Å². The third kappa shape index (κ3) is 4.65. The smallest absolute Gasteiger partial charge is 0.335 e. The van der Waals surface area contributed by atoms with Gasteiger partial charge >= 0.3 is 6.03 Å². The van der Waals surface area contributed by atoms with E-state index in [4.69, 9.17) is 4.74 Å². The number of halogens is 1. The van der Waals surface area contributed by atoms with Gasteiger partial charge < -0.3 is 4.74 Å². The molecule has 0 atom stereocenters. The Morgan fingerprint density at radius 2 is 1.74 bits per heavy atom. The van der Waals surface area contributed by atoms with Crippen molar-refractivity contribution >= 4 is 35.3 Å². The van der Waals surface area contributed by atoms with E-state index in [0.717, 1.165) is 12.1 Å². The van der Waals surface area contributed by atoms with Gasteiger partial charge in [-0.25, -0.2) is 14.1 Å². The largest absolute Gasteiger partial charge is 0.488 e. The van der Waals surface area contributed by atoms with Gasteiger partial charge in [0, 0.05) is 17.7 Å². The summed E-state index contributed by atoms with van der Waals surface area (Å²) in [6, 6.07) is 16.3. The van der Waals surface area contributed by atoms with Crippen LogP contribution in [0.25, 0.3) is 6.08 Å². The summed E-state index contributed by atoms with van der Waals surface area (Å²) in [6.07, 6.45) is 1.28. The van der Waals surface area contributed by atoms with E-state index in [1.54, 1.807) is 36.4 Å². The first-order valence-electron chi connectivity index (χ1n) is 9.95. The van der Waals surface area contributed by atoms with Gasteiger partial charge in [-0.15, -0.1) is 0 Å². The summed E-state index contributed by atoms with van der Waals surface area (Å²) in [7, 11) is 0. The van der Waals surface area contributed by atoms with E-state index in [-0.39, 0.29) is 23.6 Å². The van der Waals surface area contributed by atoms with Gasteiger partial charge in [0.25, 0.3) is 17.5 Å². The van der Waals surface area contributed by atoms with Crippen molar-refractivity contribution in [2.24, 2.45) is 0 Å². The van der Waals surface area contributed by atoms with E-state index in [1.165, 1.54) is 30.3 Å². The first kappa shape index (κ1) is 22.3. The first-order valence-corrected chi connectivity index (χ1v) is 9.95. The Bertz CT molecular complexity index is 1340. The maximum atomic E-state index is 13.4. The number of rotatable bonds is 6. The highest BCUT2D eigenvalue weighted by atomic mass is 19.1. The predicted molar refractivity (Wildman–Crippen MR) is 119 cm³/mol. The summed E-state index contributed by atoms with van der Waals surface area (Å²) in [5.74, 6) is -1.87. The van der Waals surface area contributed by atoms with Gasteiger partial charge in [-0.05, 0) is 42.0 Å². The zero-order valence-electron chi connectivity index (χ0n) is 17.4. The lowest BCUT2D eigenvalue weighted by atomic mass is 10.1. The molecule has 0 radical (unpaired) electrons. The Labute approximate surface area is 192 Å². The molecule has 9 nitrogen and oxygen atoms in total. The molecular formula is C24H16FN3O6. The molecule has 1 heterocycles. The van der Waals surface area contributed by atoms with Gasteiger partial charge in [-0.1, -0.05) is 30.3 Å². The minimum absolute atomic E-state index is 0.0471. The quantitative estimate of drug-likeness (QED) is 0.257. The first-order chi connectivity index (χ1) is 16.3. The number of benzene rings is 3. The van der Waals surface area contributed by atoms with Crippen LogP contribution < -0.4 is 15.0 Å². The van der Waals surface area contributed by atoms with Crippen molar-refractivity contribution in [2.75, 3.05) is 4.90 Å². The molecule has 1 fully saturated rings. The molecule has 3 aromatic carbocycles. The van der Waals surface area contributed by atoms with Gasteiger partial charge in [0.05, 0.1) is 10.6 Å². The van der Waals surface area contributed by atoms with E-state index in [1.807, 2.05) is 0 Å². The molecule has 10 heteroatoms. The number of hydrogen-bond acceptors (Lipinski definition) is 6. The van der Waals surface area contributed by atoms with E-state index < -0.39 is 28.6 Å². The van der Waals surface area contributed by atoms with E-state index in [0.29, 0.717) is 21.8 Å². The zero-order chi connectivity index (χ0) is 24.2. The topological polar surface area (TPSA) is 119 Å². The van der Waals surface area contributed by atoms with Gasteiger partial charge in [0.2, 0.25) is 0 Å². The third-order valence-electron chi connectivity index (χ3n) is 4.92. The molecule has 3 aromatic rings. The number of carbonyl (C=O) groups is 3. The highest BCUT2D eigenvalue weighted by molar-refractivity contribution is 6.39. The number of carbonyl (C=O) groups excluding carboxylic acids is 3. The lowest BCUT2D eigenvalue weighted by Gasteiger charge is -2.26. The zero-order valence-corrected chi connectivity index (χ0v) is 17.4. The second-order valence-corrected chi connectivity index (χ2v) is 7.19. The number of nitrogens with one attached hydrogen (secondary N) is 1. The molecule has 170 valence electrons. The molecule has 1 aliphatic rings. The van der Waals surface area contributed by atoms with Crippen LogP contribution in [-0.2, 0) is 16.2 Å². The van der Waals surface area contributed by atoms with Crippen molar-refractivity contribution in [3.8, 4) is 5.75 Å². The van der Waals surface area contributed by atoms with Crippen LogP contribution in [0.15, 0.2) is 78.4 Å². The normalized spacial score (nSPS) is 14.8. The van der Waals surface area contributed by atoms with Crippen LogP contribution in [0.3, 0.4) is 0 Å². The fourth-order valence-electron chi connectivity index (χ4n) is 3.29. The predicted octanol–water partition coefficient (Wildman–Crippen LogP) is 3.98. The Kier molecular flexibility index (Phi) is 6.13. The SMILES string of the molecule is O=C1NC(=O)N(c2ccc([N+](=O)[O-])cc2)C(=O)C1=Cc1ccccc1OCc1cccc(F)c1. The van der Waals surface area contributed by atoms with Crippen LogP contribution in [0.1, 0.15) is 11.1 Å². The lowest BCUT2D eigenvalue weighted by Crippen LogP contribution is -2.54. The second kappa shape index (κ2) is 9.33. The maximum absolute atomic E-state index is 13.4. The van der Waals surface area contributed by atoms with Crippen molar-refractivity contribution in [1.29, 1.82) is 0 Å². The van der Waals surface area contributed by atoms with Crippen molar-refractivity contribution in [2.45, 2.75) is 6.61 Å². The molecule has 0 bridgehead atoms. The molecule has 1 aliphatic heterocycles. The number of para-hydroxylation sites is 1. The Morgan fingerprint density at radius 3 is 2.44 bits per heavy atom. The van der Waals surface area contributed by atoms with Crippen molar-refractivity contribution in [1.82, 2.24) is 5.32 Å². The number of amides is 4. The van der Waals surface area contributed by atoms with Gasteiger partial charge in [0.1, 0.15) is 23.7 Å². The molecule has 1 saturated heterocycles. The Morgan fingerprint density at radius 1 is 1.00 bits per heavy atom. The number of barbiturate groups is 1. The van der Waals surface area contributed by atoms with Crippen molar-refractivity contribution in [3.05, 3.63) is 105 Å². The number of non-ortho nitro benzene ring substituents is 1. The summed E-state index contributed by atoms with van der Waals surface area (Å²) in [6.45, 7) is 0.0471. The molecule has 1 N–H and O–H groups in total. The molecule has 0 saturated carbocycles. The number of nitro groups is 1. The van der Waals surface area contributed by atoms with Crippen LogP contribution in [0.5, 0.6) is 5.75 Å². The average molecular weight is 461 g/mol. The van der Waals surface area contributed by atoms with Crippen molar-refractivity contribution < 1.29 is 28.4 Å². The molecule has 0 aromatic heterocycles. The number of urea groups is 1. The van der Waals surface area contributed by atoms with Crippen LogP contribution in [0.2, 0.25) is 0 Å². The van der Waals surface area contributed by atoms with Gasteiger partial charge in [-0.2, -0.15) is 0 Å². The molecular weight excluding hydrogens is 445 g/mol. The van der Waals surface area contributed by atoms with Gasteiger partial charge in [-0.3, -0.25) is 25.0 Å². The molecule has 34 heavy (non-hydrogen) atoms. The molecule has 0 aliphatic carbocycles. The minimum Gasteiger partial charge on any atom is -0.488 e. The standard InChI is InChI=1S/C24H16FN3O6/c25-17-6-3-4-15(12-17)14-34-21-7-2-1-5-16(21)13-20-22(29)26-24(31)27(23(20)30)18-8-10-19(11-9-18)28(32)33/h1-13H,14H2,(H,26,29,31). The third-order valence-corrected chi connectivity index (χ3v) is 4.92. The number of nitro benzene ring substituents is 1. The highest BCUT2D eigenvalue weighted by Crippen LogP contribution is 2.27. The summed E-state index contributed by atoms with van der Waals surface area (Å²) >= 11 is 0. The molecule has 0 unspecified atom stereocenters. The van der Waals surface area contributed by atoms with E-state index in [2.05, 4.69) is 5.32 Å². The molecule has 0 spiro atoms. The minimum atomic E-state index is -0.975. The second-order valence-electron chi connectivity index (χ2n) is 7.19. The summed E-state index contributed by atoms with van der Waals surface area (Å²) in [4.78, 5) is 48.8. The fourth-order valence-corrected chi connectivity index (χ4v) is 3.29. The van der Waals surface area contributed by atoms with Crippen LogP contribution in [0.4, 0.5) is 20.6 Å². The van der Waals surface area contributed by atoms with Crippen LogP contribution >= 0.6 is 0 Å². The summed E-state index contributed by atoms with van der Waals surface area (Å²) in [5, 5.41) is 13.0. The number of anilines is 1. The Balaban J connectivity index is 1.63. The lowest BCUT2D eigenvalue weighted by molar-refractivity contribution is -0.384. The van der Waals surface area contributed by atoms with E-state index >= 15 is 0 Å². The number of imide groups is 2. The number of ether oxygens (including phenoxy) is 1.